The summed E-state index contributed by atoms with van der Waals surface area (Å²) in [7, 11) is 0. The molecule has 2 heteroatoms. The van der Waals surface area contributed by atoms with Crippen molar-refractivity contribution in [3.63, 3.8) is 0 Å². The van der Waals surface area contributed by atoms with E-state index in [9.17, 15) is 0 Å². The fraction of sp³-hybridized carbons (Fsp3) is 0. The van der Waals surface area contributed by atoms with E-state index in [1.807, 2.05) is 11.3 Å². The molecule has 0 bridgehead atoms. The number of hydrogen-bond donors (Lipinski definition) is 0. The lowest BCUT2D eigenvalue weighted by atomic mass is 9.93. The third-order valence-electron chi connectivity index (χ3n) is 10.0. The molecule has 0 saturated heterocycles. The highest BCUT2D eigenvalue weighted by Crippen LogP contribution is 2.46. The largest absolute Gasteiger partial charge is 0.310 e. The summed E-state index contributed by atoms with van der Waals surface area (Å²) in [4.78, 5) is 2.44. The van der Waals surface area contributed by atoms with Crippen LogP contribution in [0.2, 0.25) is 0 Å². The minimum atomic E-state index is 1.12. The van der Waals surface area contributed by atoms with Crippen LogP contribution in [0.3, 0.4) is 0 Å². The molecule has 1 nitrogen and oxygen atoms in total. The van der Waals surface area contributed by atoms with E-state index in [-0.39, 0.29) is 0 Å². The van der Waals surface area contributed by atoms with Gasteiger partial charge in [-0.05, 0) is 109 Å². The van der Waals surface area contributed by atoms with Gasteiger partial charge in [-0.25, -0.2) is 0 Å². The molecular weight excluding hydrogens is 623 g/mol. The van der Waals surface area contributed by atoms with E-state index < -0.39 is 0 Å². The van der Waals surface area contributed by atoms with E-state index in [1.54, 1.807) is 0 Å². The molecule has 10 rings (SSSR count). The van der Waals surface area contributed by atoms with Crippen LogP contribution in [0.5, 0.6) is 0 Å². The Morgan fingerprint density at radius 3 is 1.84 bits per heavy atom. The summed E-state index contributed by atoms with van der Waals surface area (Å²) in [5.74, 6) is 0. The summed E-state index contributed by atoms with van der Waals surface area (Å²) in [6.07, 6.45) is 0. The van der Waals surface area contributed by atoms with E-state index in [4.69, 9.17) is 0 Å². The highest BCUT2D eigenvalue weighted by atomic mass is 32.1. The molecule has 0 spiro atoms. The van der Waals surface area contributed by atoms with Gasteiger partial charge in [0, 0.05) is 31.5 Å². The summed E-state index contributed by atoms with van der Waals surface area (Å²) in [6, 6.07) is 68.8. The first-order valence-electron chi connectivity index (χ1n) is 17.1. The fourth-order valence-corrected chi connectivity index (χ4v) is 8.77. The Morgan fingerprint density at radius 2 is 0.980 bits per heavy atom. The number of hydrogen-bond acceptors (Lipinski definition) is 2. The smallest absolute Gasteiger partial charge is 0.0554 e. The van der Waals surface area contributed by atoms with Gasteiger partial charge in [0.1, 0.15) is 0 Å². The number of fused-ring (bicyclic) bond motifs is 7. The summed E-state index contributed by atoms with van der Waals surface area (Å²) < 4.78 is 2.59. The highest BCUT2D eigenvalue weighted by Gasteiger charge is 2.19. The van der Waals surface area contributed by atoms with Gasteiger partial charge in [-0.1, -0.05) is 133 Å². The maximum Gasteiger partial charge on any atom is 0.0554 e. The van der Waals surface area contributed by atoms with Crippen molar-refractivity contribution in [2.75, 3.05) is 4.90 Å². The number of anilines is 3. The zero-order valence-corrected chi connectivity index (χ0v) is 28.1. The third-order valence-corrected chi connectivity index (χ3v) is 11.1. The highest BCUT2D eigenvalue weighted by molar-refractivity contribution is 7.26. The van der Waals surface area contributed by atoms with Crippen molar-refractivity contribution in [2.45, 2.75) is 0 Å². The zero-order chi connectivity index (χ0) is 33.0. The van der Waals surface area contributed by atoms with Crippen molar-refractivity contribution < 1.29 is 0 Å². The van der Waals surface area contributed by atoms with Crippen LogP contribution in [-0.4, -0.2) is 0 Å². The summed E-state index contributed by atoms with van der Waals surface area (Å²) in [5.41, 5.74) is 8.30. The first-order chi connectivity index (χ1) is 24.8. The van der Waals surface area contributed by atoms with E-state index in [0.717, 1.165) is 11.4 Å². The molecular formula is C48H31NS. The lowest BCUT2D eigenvalue weighted by Crippen LogP contribution is -2.10. The molecule has 1 aromatic heterocycles. The van der Waals surface area contributed by atoms with Gasteiger partial charge < -0.3 is 4.90 Å². The minimum Gasteiger partial charge on any atom is -0.310 e. The molecule has 0 amide bonds. The molecule has 0 N–H and O–H groups in total. The van der Waals surface area contributed by atoms with Crippen molar-refractivity contribution in [3.8, 4) is 22.3 Å². The van der Waals surface area contributed by atoms with Crippen molar-refractivity contribution in [2.24, 2.45) is 0 Å². The Morgan fingerprint density at radius 1 is 0.340 bits per heavy atom. The van der Waals surface area contributed by atoms with E-state index in [1.165, 1.54) is 80.4 Å². The summed E-state index contributed by atoms with van der Waals surface area (Å²) in [6.45, 7) is 0. The van der Waals surface area contributed by atoms with Gasteiger partial charge in [-0.15, -0.1) is 11.3 Å². The minimum absolute atomic E-state index is 1.12. The Hall–Kier alpha value is -6.22. The Balaban J connectivity index is 1.16. The Labute approximate surface area is 294 Å². The molecule has 0 aliphatic rings. The maximum absolute atomic E-state index is 2.44. The number of nitrogens with zero attached hydrogens (tertiary/aromatic N) is 1. The van der Waals surface area contributed by atoms with Crippen molar-refractivity contribution in [1.82, 2.24) is 0 Å². The van der Waals surface area contributed by atoms with Gasteiger partial charge in [-0.2, -0.15) is 0 Å². The van der Waals surface area contributed by atoms with Crippen LogP contribution in [0, 0.1) is 0 Å². The zero-order valence-electron chi connectivity index (χ0n) is 27.3. The number of benzene rings is 9. The van der Waals surface area contributed by atoms with Crippen LogP contribution in [0.25, 0.3) is 74.7 Å². The number of thiophene rings is 1. The predicted molar refractivity (Wildman–Crippen MR) is 217 cm³/mol. The number of rotatable bonds is 5. The fourth-order valence-electron chi connectivity index (χ4n) is 7.65. The monoisotopic (exact) mass is 653 g/mol. The van der Waals surface area contributed by atoms with E-state index in [0.29, 0.717) is 0 Å². The molecule has 50 heavy (non-hydrogen) atoms. The van der Waals surface area contributed by atoms with Gasteiger partial charge in [0.05, 0.1) is 5.69 Å². The molecule has 234 valence electrons. The average molecular weight is 654 g/mol. The standard InChI is InChI=1S/C48H31NS/c1-2-12-34-29-36(24-23-32(34)11-1)35-14-9-15-39(30-35)49(45-20-10-22-47-48(45)43-19-7-8-21-46(43)50-47)38-27-25-33(26-28-38)44-31-37-13-3-4-16-40(37)41-17-5-6-18-42(41)44/h1-31H. The molecule has 0 aliphatic heterocycles. The van der Waals surface area contributed by atoms with Gasteiger partial charge >= 0.3 is 0 Å². The molecule has 10 aromatic rings. The second kappa shape index (κ2) is 11.7. The van der Waals surface area contributed by atoms with Crippen LogP contribution < -0.4 is 4.90 Å². The topological polar surface area (TPSA) is 3.24 Å². The van der Waals surface area contributed by atoms with Crippen molar-refractivity contribution in [3.05, 3.63) is 188 Å². The van der Waals surface area contributed by atoms with Crippen molar-refractivity contribution >= 4 is 80.9 Å². The second-order valence-electron chi connectivity index (χ2n) is 12.9. The molecule has 0 aliphatic carbocycles. The second-order valence-corrected chi connectivity index (χ2v) is 14.0. The molecule has 0 unspecified atom stereocenters. The lowest BCUT2D eigenvalue weighted by molar-refractivity contribution is 1.30. The van der Waals surface area contributed by atoms with Crippen LogP contribution >= 0.6 is 11.3 Å². The van der Waals surface area contributed by atoms with E-state index in [2.05, 4.69) is 193 Å². The predicted octanol–water partition coefficient (Wildman–Crippen LogP) is 14.3. The Bertz CT molecular complexity index is 2880. The van der Waals surface area contributed by atoms with Crippen molar-refractivity contribution in [1.29, 1.82) is 0 Å². The van der Waals surface area contributed by atoms with Crippen LogP contribution in [0.1, 0.15) is 0 Å². The molecule has 1 heterocycles. The summed E-state index contributed by atoms with van der Waals surface area (Å²) in [5, 5.41) is 10.2. The van der Waals surface area contributed by atoms with Crippen LogP contribution in [-0.2, 0) is 0 Å². The van der Waals surface area contributed by atoms with Crippen LogP contribution in [0.15, 0.2) is 188 Å². The SMILES string of the molecule is c1cc(-c2ccc3ccccc3c2)cc(N(c2ccc(-c3cc4ccccc4c4ccccc34)cc2)c2cccc3sc4ccccc4c23)c1. The molecule has 0 saturated carbocycles. The Kier molecular flexibility index (Phi) is 6.75. The van der Waals surface area contributed by atoms with Gasteiger partial charge in [-0.3, -0.25) is 0 Å². The van der Waals surface area contributed by atoms with Gasteiger partial charge in [0.2, 0.25) is 0 Å². The van der Waals surface area contributed by atoms with E-state index >= 15 is 0 Å². The quantitative estimate of drug-likeness (QED) is 0.167. The first kappa shape index (κ1) is 28.8. The molecule has 9 aromatic carbocycles. The average Bonchev–Trinajstić information content (AvgIpc) is 3.57. The molecule has 0 radical (unpaired) electrons. The van der Waals surface area contributed by atoms with Gasteiger partial charge in [0.25, 0.3) is 0 Å². The summed E-state index contributed by atoms with van der Waals surface area (Å²) >= 11 is 1.86. The lowest BCUT2D eigenvalue weighted by Gasteiger charge is -2.27. The third kappa shape index (κ3) is 4.76. The van der Waals surface area contributed by atoms with Crippen LogP contribution in [0.4, 0.5) is 17.1 Å². The maximum atomic E-state index is 2.44. The van der Waals surface area contributed by atoms with Gasteiger partial charge in [0.15, 0.2) is 0 Å². The molecule has 0 atom stereocenters. The first-order valence-corrected chi connectivity index (χ1v) is 17.9. The molecule has 0 fully saturated rings. The normalized spacial score (nSPS) is 11.6.